The molecule has 0 radical (unpaired) electrons. The van der Waals surface area contributed by atoms with Crippen molar-refractivity contribution in [3.63, 3.8) is 0 Å². The first kappa shape index (κ1) is 20.4. The molecule has 21 heavy (non-hydrogen) atoms. The van der Waals surface area contributed by atoms with Crippen LogP contribution in [-0.4, -0.2) is 39.7 Å². The lowest BCUT2D eigenvalue weighted by Gasteiger charge is -2.11. The van der Waals surface area contributed by atoms with Gasteiger partial charge in [-0.25, -0.2) is 8.42 Å². The first-order chi connectivity index (χ1) is 9.32. The number of hydrogen-bond acceptors (Lipinski definition) is 4. The Balaban J connectivity index is 0.00000400. The lowest BCUT2D eigenvalue weighted by Crippen LogP contribution is -2.39. The topological polar surface area (TPSA) is 75.3 Å². The molecule has 0 aliphatic carbocycles. The largest absolute Gasteiger partial charge is 0.354 e. The van der Waals surface area contributed by atoms with Crippen molar-refractivity contribution in [2.45, 2.75) is 18.7 Å². The zero-order valence-electron chi connectivity index (χ0n) is 11.9. The number of hydrogen-bond donors (Lipinski definition) is 2. The molecule has 0 fully saturated rings. The highest BCUT2D eigenvalue weighted by Crippen LogP contribution is 2.14. The van der Waals surface area contributed by atoms with Gasteiger partial charge in [-0.2, -0.15) is 0 Å². The average molecular weight is 400 g/mol. The molecule has 2 N–H and O–H groups in total. The Kier molecular flexibility index (Phi) is 9.12. The molecule has 0 spiro atoms. The zero-order chi connectivity index (χ0) is 15.2. The molecule has 1 rings (SSSR count). The van der Waals surface area contributed by atoms with E-state index < -0.39 is 21.5 Å². The normalized spacial score (nSPS) is 12.3. The summed E-state index contributed by atoms with van der Waals surface area (Å²) in [5.74, 6) is -1.10. The number of sulfone groups is 1. The zero-order valence-corrected chi connectivity index (χ0v) is 15.1. The van der Waals surface area contributed by atoms with Crippen molar-refractivity contribution < 1.29 is 13.2 Å². The number of carbonyl (C=O) groups is 1. The van der Waals surface area contributed by atoms with Crippen LogP contribution < -0.4 is 10.6 Å². The summed E-state index contributed by atoms with van der Waals surface area (Å²) in [4.78, 5) is 11.6. The summed E-state index contributed by atoms with van der Waals surface area (Å²) >= 11 is 3.29. The SMILES string of the molecule is CNC(C)CNC(=O)CS(=O)(=O)Cc1cccc(Br)c1.Cl. The van der Waals surface area contributed by atoms with E-state index in [1.807, 2.05) is 13.0 Å². The quantitative estimate of drug-likeness (QED) is 0.729. The van der Waals surface area contributed by atoms with Crippen molar-refractivity contribution in [1.29, 1.82) is 0 Å². The second-order valence-electron chi connectivity index (χ2n) is 4.66. The number of rotatable bonds is 7. The maximum absolute atomic E-state index is 11.9. The summed E-state index contributed by atoms with van der Waals surface area (Å²) < 4.78 is 24.7. The molecule has 120 valence electrons. The van der Waals surface area contributed by atoms with Gasteiger partial charge < -0.3 is 10.6 Å². The van der Waals surface area contributed by atoms with Crippen LogP contribution in [-0.2, 0) is 20.4 Å². The third-order valence-corrected chi connectivity index (χ3v) is 4.69. The summed E-state index contributed by atoms with van der Waals surface area (Å²) in [6.45, 7) is 2.30. The van der Waals surface area contributed by atoms with Gasteiger partial charge in [-0.3, -0.25) is 4.79 Å². The lowest BCUT2D eigenvalue weighted by atomic mass is 10.2. The summed E-state index contributed by atoms with van der Waals surface area (Å²) in [6.07, 6.45) is 0. The summed E-state index contributed by atoms with van der Waals surface area (Å²) in [6, 6.07) is 7.15. The molecule has 0 saturated heterocycles. The monoisotopic (exact) mass is 398 g/mol. The van der Waals surface area contributed by atoms with E-state index >= 15 is 0 Å². The minimum absolute atomic E-state index is 0. The maximum atomic E-state index is 11.9. The van der Waals surface area contributed by atoms with Crippen molar-refractivity contribution in [1.82, 2.24) is 10.6 Å². The van der Waals surface area contributed by atoms with Crippen LogP contribution in [0.2, 0.25) is 0 Å². The second-order valence-corrected chi connectivity index (χ2v) is 7.64. The van der Waals surface area contributed by atoms with Crippen molar-refractivity contribution in [2.24, 2.45) is 0 Å². The van der Waals surface area contributed by atoms with E-state index in [9.17, 15) is 13.2 Å². The summed E-state index contributed by atoms with van der Waals surface area (Å²) in [5, 5.41) is 5.56. The minimum atomic E-state index is -3.46. The van der Waals surface area contributed by atoms with Gasteiger partial charge in [0, 0.05) is 17.1 Å². The number of benzene rings is 1. The third kappa shape index (κ3) is 8.40. The average Bonchev–Trinajstić information content (AvgIpc) is 2.34. The van der Waals surface area contributed by atoms with E-state index in [-0.39, 0.29) is 24.2 Å². The molecule has 1 aromatic carbocycles. The van der Waals surface area contributed by atoms with Gasteiger partial charge in [0.15, 0.2) is 9.84 Å². The van der Waals surface area contributed by atoms with Crippen LogP contribution in [0.15, 0.2) is 28.7 Å². The molecular weight excluding hydrogens is 380 g/mol. The van der Waals surface area contributed by atoms with Crippen LogP contribution >= 0.6 is 28.3 Å². The Bertz CT molecular complexity index is 566. The standard InChI is InChI=1S/C13H19BrN2O3S.ClH/c1-10(15-2)7-16-13(17)9-20(18,19)8-11-4-3-5-12(14)6-11;/h3-6,10,15H,7-9H2,1-2H3,(H,16,17);1H. The van der Waals surface area contributed by atoms with E-state index in [1.54, 1.807) is 25.2 Å². The van der Waals surface area contributed by atoms with Crippen LogP contribution in [0.1, 0.15) is 12.5 Å². The molecule has 1 unspecified atom stereocenters. The van der Waals surface area contributed by atoms with Crippen molar-refractivity contribution in [3.8, 4) is 0 Å². The fraction of sp³-hybridized carbons (Fsp3) is 0.462. The van der Waals surface area contributed by atoms with E-state index in [0.29, 0.717) is 12.1 Å². The molecule has 0 aliphatic heterocycles. The number of carbonyl (C=O) groups excluding carboxylic acids is 1. The Hall–Kier alpha value is -0.630. The predicted molar refractivity (Wildman–Crippen MR) is 90.4 cm³/mol. The van der Waals surface area contributed by atoms with Crippen LogP contribution in [0.5, 0.6) is 0 Å². The molecule has 1 aromatic rings. The highest BCUT2D eigenvalue weighted by Gasteiger charge is 2.17. The molecule has 1 atom stereocenters. The van der Waals surface area contributed by atoms with Gasteiger partial charge in [0.2, 0.25) is 5.91 Å². The van der Waals surface area contributed by atoms with Crippen LogP contribution in [0.25, 0.3) is 0 Å². The molecule has 0 bridgehead atoms. The number of nitrogens with one attached hydrogen (secondary N) is 2. The first-order valence-electron chi connectivity index (χ1n) is 6.21. The van der Waals surface area contributed by atoms with E-state index in [2.05, 4.69) is 26.6 Å². The van der Waals surface area contributed by atoms with Gasteiger partial charge in [-0.05, 0) is 31.7 Å². The molecule has 5 nitrogen and oxygen atoms in total. The summed E-state index contributed by atoms with van der Waals surface area (Å²) in [7, 11) is -1.68. The van der Waals surface area contributed by atoms with Crippen molar-refractivity contribution >= 4 is 44.1 Å². The maximum Gasteiger partial charge on any atom is 0.235 e. The molecule has 0 saturated carbocycles. The lowest BCUT2D eigenvalue weighted by molar-refractivity contribution is -0.118. The van der Waals surface area contributed by atoms with Gasteiger partial charge in [-0.1, -0.05) is 28.1 Å². The predicted octanol–water partition coefficient (Wildman–Crippen LogP) is 1.51. The Morgan fingerprint density at radius 1 is 1.38 bits per heavy atom. The molecule has 0 aliphatic rings. The van der Waals surface area contributed by atoms with Gasteiger partial charge in [0.05, 0.1) is 5.75 Å². The van der Waals surface area contributed by atoms with Gasteiger partial charge in [-0.15, -0.1) is 12.4 Å². The smallest absolute Gasteiger partial charge is 0.235 e. The Labute approximate surface area is 140 Å². The highest BCUT2D eigenvalue weighted by molar-refractivity contribution is 9.10. The van der Waals surface area contributed by atoms with Crippen LogP contribution in [0.3, 0.4) is 0 Å². The van der Waals surface area contributed by atoms with E-state index in [0.717, 1.165) is 4.47 Å². The number of amides is 1. The molecule has 0 heterocycles. The van der Waals surface area contributed by atoms with Crippen LogP contribution in [0, 0.1) is 0 Å². The second kappa shape index (κ2) is 9.40. The van der Waals surface area contributed by atoms with Gasteiger partial charge in [0.25, 0.3) is 0 Å². The molecule has 1 amide bonds. The van der Waals surface area contributed by atoms with Crippen LogP contribution in [0.4, 0.5) is 0 Å². The van der Waals surface area contributed by atoms with E-state index in [1.165, 1.54) is 0 Å². The summed E-state index contributed by atoms with van der Waals surface area (Å²) in [5.41, 5.74) is 0.663. The molecule has 8 heteroatoms. The fourth-order valence-corrected chi connectivity index (χ4v) is 3.29. The van der Waals surface area contributed by atoms with Gasteiger partial charge in [0.1, 0.15) is 5.75 Å². The minimum Gasteiger partial charge on any atom is -0.354 e. The number of halogens is 2. The van der Waals surface area contributed by atoms with Crippen molar-refractivity contribution in [3.05, 3.63) is 34.3 Å². The highest BCUT2D eigenvalue weighted by atomic mass is 79.9. The van der Waals surface area contributed by atoms with E-state index in [4.69, 9.17) is 0 Å². The first-order valence-corrected chi connectivity index (χ1v) is 8.82. The van der Waals surface area contributed by atoms with Crippen molar-refractivity contribution in [2.75, 3.05) is 19.3 Å². The van der Waals surface area contributed by atoms with Gasteiger partial charge >= 0.3 is 0 Å². The fourth-order valence-electron chi connectivity index (χ4n) is 1.55. The Morgan fingerprint density at radius 3 is 2.62 bits per heavy atom. The third-order valence-electron chi connectivity index (χ3n) is 2.72. The molecule has 0 aromatic heterocycles. The number of likely N-dealkylation sites (N-methyl/N-ethyl adjacent to an activating group) is 1. The Morgan fingerprint density at radius 2 is 2.05 bits per heavy atom. The molecular formula is C13H20BrClN2O3S.